The number of nitrogens with zero attached hydrogens (tertiary/aromatic N) is 4. The van der Waals surface area contributed by atoms with Crippen molar-refractivity contribution >= 4 is 49.2 Å². The van der Waals surface area contributed by atoms with Crippen LogP contribution < -0.4 is 0 Å². The third-order valence-corrected chi connectivity index (χ3v) is 10.5. The molecule has 2 aliphatic carbocycles. The number of para-hydroxylation sites is 3. The molecule has 0 unspecified atom stereocenters. The molecule has 10 rings (SSSR count). The Morgan fingerprint density at radius 2 is 1.43 bits per heavy atom. The van der Waals surface area contributed by atoms with Gasteiger partial charge in [-0.15, -0.1) is 0 Å². The highest BCUT2D eigenvalue weighted by atomic mass is 15.1. The van der Waals surface area contributed by atoms with E-state index >= 15 is 0 Å². The van der Waals surface area contributed by atoms with Crippen LogP contribution in [0, 0.1) is 0 Å². The van der Waals surface area contributed by atoms with Gasteiger partial charge in [0, 0.05) is 44.4 Å². The molecule has 5 aromatic carbocycles. The zero-order valence-electron chi connectivity index (χ0n) is 26.4. The summed E-state index contributed by atoms with van der Waals surface area (Å²) in [5.74, 6) is 0.686. The lowest BCUT2D eigenvalue weighted by Gasteiger charge is -2.25. The second-order valence-electron chi connectivity index (χ2n) is 13.4. The Bertz CT molecular complexity index is 2650. The van der Waals surface area contributed by atoms with Crippen LogP contribution in [0.1, 0.15) is 37.8 Å². The van der Waals surface area contributed by atoms with Crippen molar-refractivity contribution in [3.05, 3.63) is 150 Å². The van der Waals surface area contributed by atoms with Gasteiger partial charge in [0.15, 0.2) is 0 Å². The van der Waals surface area contributed by atoms with E-state index in [-0.39, 0.29) is 5.41 Å². The molecule has 0 N–H and O–H groups in total. The summed E-state index contributed by atoms with van der Waals surface area (Å²) in [7, 11) is 0. The monoisotopic (exact) mass is 604 g/mol. The zero-order chi connectivity index (χ0) is 31.3. The molecule has 0 spiro atoms. The Hall–Kier alpha value is -5.74. The lowest BCUT2D eigenvalue weighted by atomic mass is 9.78. The highest BCUT2D eigenvalue weighted by molar-refractivity contribution is 6.11. The molecule has 3 heterocycles. The average Bonchev–Trinajstić information content (AvgIpc) is 3.77. The standard InChI is InChI=1S/C43H32N4/c1-43(2)34-17-9-6-15-30(34)40-32-24-25-46(37(32)23-21-35(40)43)42-44-36-18-10-7-16-31(36)41(45-42)27-20-22-39-33(26-27)29-14-8-11-19-38(29)47(39)28-12-4-3-5-13-28/h3-8,10-16,18-26H,9,17H2,1-2H3. The van der Waals surface area contributed by atoms with Crippen molar-refractivity contribution < 1.29 is 0 Å². The van der Waals surface area contributed by atoms with Gasteiger partial charge in [-0.1, -0.05) is 98.3 Å². The number of hydrogen-bond donors (Lipinski definition) is 0. The maximum atomic E-state index is 5.34. The molecule has 0 saturated carbocycles. The topological polar surface area (TPSA) is 35.6 Å². The van der Waals surface area contributed by atoms with Crippen molar-refractivity contribution in [1.82, 2.24) is 19.1 Å². The third kappa shape index (κ3) is 3.70. The first-order valence-electron chi connectivity index (χ1n) is 16.5. The first kappa shape index (κ1) is 26.5. The predicted molar refractivity (Wildman–Crippen MR) is 194 cm³/mol. The van der Waals surface area contributed by atoms with Crippen molar-refractivity contribution in [3.63, 3.8) is 0 Å². The average molecular weight is 605 g/mol. The molecule has 3 aromatic heterocycles. The normalized spacial score (nSPS) is 15.3. The van der Waals surface area contributed by atoms with E-state index in [1.807, 2.05) is 0 Å². The Morgan fingerprint density at radius 3 is 2.32 bits per heavy atom. The van der Waals surface area contributed by atoms with Crippen molar-refractivity contribution in [1.29, 1.82) is 0 Å². The summed E-state index contributed by atoms with van der Waals surface area (Å²) in [5.41, 5.74) is 13.4. The van der Waals surface area contributed by atoms with E-state index in [1.165, 1.54) is 43.9 Å². The summed E-state index contributed by atoms with van der Waals surface area (Å²) >= 11 is 0. The predicted octanol–water partition coefficient (Wildman–Crippen LogP) is 10.7. The summed E-state index contributed by atoms with van der Waals surface area (Å²) in [6, 6.07) is 41.3. The molecule has 0 atom stereocenters. The molecule has 4 nitrogen and oxygen atoms in total. The minimum Gasteiger partial charge on any atom is -0.309 e. The van der Waals surface area contributed by atoms with Crippen LogP contribution in [0.5, 0.6) is 0 Å². The SMILES string of the molecule is CC1(C)C2=C(C=CCC2)c2c1ccc1c2ccn1-c1nc(-c2ccc3c(c2)c2ccccc2n3-c2ccccc2)c2ccccc2n1. The van der Waals surface area contributed by atoms with Gasteiger partial charge in [0.2, 0.25) is 5.95 Å². The van der Waals surface area contributed by atoms with Crippen LogP contribution in [0.15, 0.2) is 139 Å². The minimum atomic E-state index is 0.0423. The molecule has 47 heavy (non-hydrogen) atoms. The van der Waals surface area contributed by atoms with Crippen LogP contribution in [-0.2, 0) is 5.41 Å². The molecule has 2 aliphatic rings. The molecular weight excluding hydrogens is 573 g/mol. The Kier molecular flexibility index (Phi) is 5.43. The first-order valence-corrected chi connectivity index (χ1v) is 16.5. The fraction of sp³-hybridized carbons (Fsp3) is 0.116. The molecule has 0 fully saturated rings. The summed E-state index contributed by atoms with van der Waals surface area (Å²) in [6.45, 7) is 4.76. The van der Waals surface area contributed by atoms with Crippen molar-refractivity contribution in [2.75, 3.05) is 0 Å². The molecule has 0 saturated heterocycles. The maximum Gasteiger partial charge on any atom is 0.235 e. The van der Waals surface area contributed by atoms with Crippen LogP contribution in [0.3, 0.4) is 0 Å². The maximum absolute atomic E-state index is 5.34. The lowest BCUT2D eigenvalue weighted by Crippen LogP contribution is -2.17. The highest BCUT2D eigenvalue weighted by Crippen LogP contribution is 2.52. The van der Waals surface area contributed by atoms with Gasteiger partial charge in [-0.05, 0) is 78.1 Å². The van der Waals surface area contributed by atoms with Gasteiger partial charge >= 0.3 is 0 Å². The molecule has 224 valence electrons. The fourth-order valence-electron chi connectivity index (χ4n) is 8.28. The molecule has 4 heteroatoms. The molecule has 8 aromatic rings. The second kappa shape index (κ2) is 9.63. The minimum absolute atomic E-state index is 0.0423. The van der Waals surface area contributed by atoms with E-state index in [2.05, 4.69) is 157 Å². The van der Waals surface area contributed by atoms with Crippen molar-refractivity contribution in [2.24, 2.45) is 0 Å². The molecule has 0 bridgehead atoms. The van der Waals surface area contributed by atoms with Gasteiger partial charge in [-0.3, -0.25) is 4.57 Å². The van der Waals surface area contributed by atoms with Crippen LogP contribution in [0.2, 0.25) is 0 Å². The molecule has 0 aliphatic heterocycles. The van der Waals surface area contributed by atoms with E-state index in [1.54, 1.807) is 5.57 Å². The van der Waals surface area contributed by atoms with E-state index in [0.717, 1.165) is 46.2 Å². The second-order valence-corrected chi connectivity index (χ2v) is 13.4. The van der Waals surface area contributed by atoms with Gasteiger partial charge in [-0.25, -0.2) is 9.97 Å². The van der Waals surface area contributed by atoms with Crippen LogP contribution in [0.4, 0.5) is 0 Å². The van der Waals surface area contributed by atoms with Gasteiger partial charge in [0.1, 0.15) is 0 Å². The smallest absolute Gasteiger partial charge is 0.235 e. The zero-order valence-corrected chi connectivity index (χ0v) is 26.4. The highest BCUT2D eigenvalue weighted by Gasteiger charge is 2.38. The summed E-state index contributed by atoms with van der Waals surface area (Å²) < 4.78 is 4.52. The van der Waals surface area contributed by atoms with Crippen molar-refractivity contribution in [2.45, 2.75) is 32.1 Å². The molecule has 0 amide bonds. The Morgan fingerprint density at radius 1 is 0.660 bits per heavy atom. The summed E-state index contributed by atoms with van der Waals surface area (Å²) in [4.78, 5) is 10.5. The lowest BCUT2D eigenvalue weighted by molar-refractivity contribution is 0.608. The third-order valence-electron chi connectivity index (χ3n) is 10.5. The number of fused-ring (bicyclic) bond motifs is 8. The number of rotatable bonds is 3. The van der Waals surface area contributed by atoms with E-state index in [0.29, 0.717) is 5.95 Å². The van der Waals surface area contributed by atoms with Crippen molar-refractivity contribution in [3.8, 4) is 22.9 Å². The summed E-state index contributed by atoms with van der Waals surface area (Å²) in [5, 5.41) is 4.75. The Labute approximate surface area is 273 Å². The largest absolute Gasteiger partial charge is 0.309 e. The Balaban J connectivity index is 1.19. The number of allylic oxidation sites excluding steroid dienone is 4. The fourth-order valence-corrected chi connectivity index (χ4v) is 8.28. The van der Waals surface area contributed by atoms with E-state index in [4.69, 9.17) is 9.97 Å². The van der Waals surface area contributed by atoms with E-state index < -0.39 is 0 Å². The summed E-state index contributed by atoms with van der Waals surface area (Å²) in [6.07, 6.45) is 9.06. The van der Waals surface area contributed by atoms with Gasteiger partial charge in [0.05, 0.1) is 27.8 Å². The number of hydrogen-bond acceptors (Lipinski definition) is 2. The quantitative estimate of drug-likeness (QED) is 0.201. The number of aromatic nitrogens is 4. The van der Waals surface area contributed by atoms with Crippen LogP contribution in [-0.4, -0.2) is 19.1 Å². The van der Waals surface area contributed by atoms with E-state index in [9.17, 15) is 0 Å². The molecular formula is C43H32N4. The van der Waals surface area contributed by atoms with Gasteiger partial charge < -0.3 is 4.57 Å². The van der Waals surface area contributed by atoms with Crippen LogP contribution >= 0.6 is 0 Å². The van der Waals surface area contributed by atoms with Crippen LogP contribution in [0.25, 0.3) is 72.1 Å². The van der Waals surface area contributed by atoms with Gasteiger partial charge in [-0.2, -0.15) is 0 Å². The van der Waals surface area contributed by atoms with Gasteiger partial charge in [0.25, 0.3) is 0 Å². The number of benzene rings is 5. The first-order chi connectivity index (χ1) is 23.1. The molecule has 0 radical (unpaired) electrons.